The number of hydrogen-bond donors (Lipinski definition) is 1. The number of aromatic hydroxyl groups is 1. The van der Waals surface area contributed by atoms with Gasteiger partial charge in [0.25, 0.3) is 0 Å². The largest absolute Gasteiger partial charge is 0.508 e. The van der Waals surface area contributed by atoms with Gasteiger partial charge in [-0.25, -0.2) is 0 Å². The minimum absolute atomic E-state index is 0.118. The number of fused-ring (bicyclic) bond motifs is 1. The molecule has 4 unspecified atom stereocenters. The Balaban J connectivity index is 1.30. The fourth-order valence-electron chi connectivity index (χ4n) is 7.05. The fraction of sp³-hybridized carbons (Fsp3) is 0.750. The molecule has 1 N–H and O–H groups in total. The van der Waals surface area contributed by atoms with Crippen molar-refractivity contribution in [2.45, 2.75) is 122 Å². The summed E-state index contributed by atoms with van der Waals surface area (Å²) in [6.45, 7) is 9.24. The molecule has 2 saturated carbocycles. The molecule has 0 bridgehead atoms. The Morgan fingerprint density at radius 3 is 2.28 bits per heavy atom. The number of halogens is 5. The number of alkyl halides is 5. The van der Waals surface area contributed by atoms with E-state index in [1.54, 1.807) is 0 Å². The predicted molar refractivity (Wildman–Crippen MR) is 153 cm³/mol. The molecular weight excluding hydrogens is 527 g/mol. The molecule has 1 nitrogen and oxygen atoms in total. The van der Waals surface area contributed by atoms with Gasteiger partial charge < -0.3 is 5.11 Å². The predicted octanol–water partition coefficient (Wildman–Crippen LogP) is 10.9. The number of thioether (sulfide) groups is 1. The number of phenolic OH excluding ortho intramolecular Hbond substituents is 1. The second-order valence-corrected chi connectivity index (χ2v) is 13.4. The molecule has 0 aromatic heterocycles. The van der Waals surface area contributed by atoms with Crippen molar-refractivity contribution in [1.29, 1.82) is 0 Å². The lowest BCUT2D eigenvalue weighted by molar-refractivity contribution is -0.284. The van der Waals surface area contributed by atoms with Gasteiger partial charge >= 0.3 is 12.1 Å². The first-order valence-corrected chi connectivity index (χ1v) is 16.0. The van der Waals surface area contributed by atoms with Gasteiger partial charge in [-0.15, -0.1) is 0 Å². The van der Waals surface area contributed by atoms with Crippen molar-refractivity contribution < 1.29 is 27.1 Å². The van der Waals surface area contributed by atoms with Gasteiger partial charge in [0.1, 0.15) is 5.75 Å². The van der Waals surface area contributed by atoms with E-state index in [2.05, 4.69) is 26.5 Å². The van der Waals surface area contributed by atoms with Crippen LogP contribution in [0.25, 0.3) is 0 Å². The lowest BCUT2D eigenvalue weighted by Gasteiger charge is -2.46. The first-order chi connectivity index (χ1) is 18.4. The summed E-state index contributed by atoms with van der Waals surface area (Å²) in [7, 11) is 0. The van der Waals surface area contributed by atoms with E-state index < -0.39 is 18.5 Å². The molecule has 3 rings (SSSR count). The van der Waals surface area contributed by atoms with Gasteiger partial charge in [0, 0.05) is 6.42 Å². The maximum Gasteiger partial charge on any atom is 0.453 e. The molecule has 4 atom stereocenters. The molecule has 1 aromatic rings. The topological polar surface area (TPSA) is 20.2 Å². The Labute approximate surface area is 236 Å². The molecule has 2 aliphatic carbocycles. The highest BCUT2D eigenvalue weighted by molar-refractivity contribution is 7.99. The van der Waals surface area contributed by atoms with Gasteiger partial charge in [-0.05, 0) is 109 Å². The summed E-state index contributed by atoms with van der Waals surface area (Å²) in [4.78, 5) is 0. The number of unbranched alkanes of at least 4 members (excludes halogenated alkanes) is 6. The van der Waals surface area contributed by atoms with Crippen molar-refractivity contribution in [3.63, 3.8) is 0 Å². The van der Waals surface area contributed by atoms with Crippen LogP contribution in [-0.2, 0) is 6.42 Å². The van der Waals surface area contributed by atoms with Crippen LogP contribution in [0.5, 0.6) is 5.75 Å². The van der Waals surface area contributed by atoms with Crippen molar-refractivity contribution in [3.8, 4) is 5.75 Å². The van der Waals surface area contributed by atoms with Crippen molar-refractivity contribution in [1.82, 2.24) is 0 Å². The Kier molecular flexibility index (Phi) is 11.7. The van der Waals surface area contributed by atoms with E-state index in [0.29, 0.717) is 34.7 Å². The highest BCUT2D eigenvalue weighted by Crippen LogP contribution is 2.60. The molecule has 2 fully saturated rings. The van der Waals surface area contributed by atoms with Gasteiger partial charge in [-0.2, -0.15) is 33.7 Å². The summed E-state index contributed by atoms with van der Waals surface area (Å²) >= 11 is 1.47. The standard InChI is InChI=1S/C32H47F5OS/c1-23-13-16-29-24(2)27(17-19-30(23,29)3)28-15-14-26(38)22-25(28)12-9-7-5-4-6-8-10-20-39-21-11-18-31(33,34)32(35,36)37/h14-15,22,24,27,29,38H,1,4-13,16-21H2,2-3H3. The van der Waals surface area contributed by atoms with E-state index in [0.717, 1.165) is 63.5 Å². The van der Waals surface area contributed by atoms with Crippen LogP contribution >= 0.6 is 11.8 Å². The van der Waals surface area contributed by atoms with E-state index in [9.17, 15) is 27.1 Å². The van der Waals surface area contributed by atoms with Crippen LogP contribution in [0.3, 0.4) is 0 Å². The molecule has 2 aliphatic rings. The lowest BCUT2D eigenvalue weighted by atomic mass is 9.58. The molecule has 0 radical (unpaired) electrons. The molecule has 0 amide bonds. The Bertz CT molecular complexity index is 930. The van der Waals surface area contributed by atoms with Crippen molar-refractivity contribution >= 4 is 11.8 Å². The van der Waals surface area contributed by atoms with Crippen LogP contribution in [0.2, 0.25) is 0 Å². The highest BCUT2D eigenvalue weighted by atomic mass is 32.2. The molecule has 7 heteroatoms. The van der Waals surface area contributed by atoms with Crippen molar-refractivity contribution in [3.05, 3.63) is 41.5 Å². The number of hydrogen-bond acceptors (Lipinski definition) is 2. The number of benzene rings is 1. The second-order valence-electron chi connectivity index (χ2n) is 12.2. The van der Waals surface area contributed by atoms with Crippen molar-refractivity contribution in [2.75, 3.05) is 11.5 Å². The summed E-state index contributed by atoms with van der Waals surface area (Å²) in [6.07, 6.45) is 6.84. The molecule has 222 valence electrons. The number of aryl methyl sites for hydroxylation is 1. The van der Waals surface area contributed by atoms with Crippen LogP contribution in [0, 0.1) is 17.3 Å². The van der Waals surface area contributed by atoms with Crippen LogP contribution < -0.4 is 0 Å². The van der Waals surface area contributed by atoms with Crippen LogP contribution in [0.15, 0.2) is 30.4 Å². The number of phenols is 1. The van der Waals surface area contributed by atoms with Gasteiger partial charge in [-0.1, -0.05) is 64.2 Å². The molecular formula is C32H47F5OS. The zero-order chi connectivity index (χ0) is 28.7. The minimum atomic E-state index is -5.44. The van der Waals surface area contributed by atoms with Crippen LogP contribution in [0.1, 0.15) is 114 Å². The third-order valence-electron chi connectivity index (χ3n) is 9.58. The monoisotopic (exact) mass is 574 g/mol. The van der Waals surface area contributed by atoms with Crippen molar-refractivity contribution in [2.24, 2.45) is 17.3 Å². The third kappa shape index (κ3) is 8.39. The van der Waals surface area contributed by atoms with Crippen LogP contribution in [-0.4, -0.2) is 28.7 Å². The summed E-state index contributed by atoms with van der Waals surface area (Å²) in [6, 6.07) is 5.99. The first-order valence-electron chi connectivity index (χ1n) is 14.9. The SMILES string of the molecule is C=C1CCC2C(C)C(c3ccc(O)cc3CCCCCCCCCSCCCC(F)(F)C(F)(F)F)CCC12C. The molecule has 39 heavy (non-hydrogen) atoms. The fourth-order valence-corrected chi connectivity index (χ4v) is 8.01. The average Bonchev–Trinajstić information content (AvgIpc) is 3.17. The molecule has 0 heterocycles. The third-order valence-corrected chi connectivity index (χ3v) is 10.7. The maximum absolute atomic E-state index is 12.9. The van der Waals surface area contributed by atoms with Gasteiger partial charge in [0.15, 0.2) is 0 Å². The van der Waals surface area contributed by atoms with Gasteiger partial charge in [0.2, 0.25) is 0 Å². The van der Waals surface area contributed by atoms with E-state index in [1.165, 1.54) is 47.7 Å². The van der Waals surface area contributed by atoms with E-state index in [1.807, 2.05) is 12.1 Å². The van der Waals surface area contributed by atoms with E-state index >= 15 is 0 Å². The van der Waals surface area contributed by atoms with E-state index in [-0.39, 0.29) is 6.42 Å². The zero-order valence-corrected chi connectivity index (χ0v) is 24.5. The summed E-state index contributed by atoms with van der Waals surface area (Å²) < 4.78 is 62.3. The first kappa shape index (κ1) is 32.3. The van der Waals surface area contributed by atoms with Gasteiger partial charge in [0.05, 0.1) is 0 Å². The Morgan fingerprint density at radius 1 is 0.949 bits per heavy atom. The highest BCUT2D eigenvalue weighted by Gasteiger charge is 2.56. The second kappa shape index (κ2) is 14.1. The number of allylic oxidation sites excluding steroid dienone is 1. The quantitative estimate of drug-likeness (QED) is 0.128. The average molecular weight is 575 g/mol. The smallest absolute Gasteiger partial charge is 0.453 e. The molecule has 0 saturated heterocycles. The van der Waals surface area contributed by atoms with E-state index in [4.69, 9.17) is 0 Å². The summed E-state index contributed by atoms with van der Waals surface area (Å²) in [5.74, 6) is -1.21. The molecule has 0 aliphatic heterocycles. The number of rotatable bonds is 15. The molecule has 0 spiro atoms. The Hall–Kier alpha value is -1.24. The summed E-state index contributed by atoms with van der Waals surface area (Å²) in [5, 5.41) is 10.2. The zero-order valence-electron chi connectivity index (χ0n) is 23.7. The Morgan fingerprint density at radius 2 is 1.59 bits per heavy atom. The normalized spacial score (nSPS) is 25.7. The maximum atomic E-state index is 12.9. The minimum Gasteiger partial charge on any atom is -0.508 e. The van der Waals surface area contributed by atoms with Gasteiger partial charge in [-0.3, -0.25) is 0 Å². The summed E-state index contributed by atoms with van der Waals surface area (Å²) in [5.41, 5.74) is 4.46. The molecule has 1 aromatic carbocycles. The lowest BCUT2D eigenvalue weighted by Crippen LogP contribution is -2.36. The van der Waals surface area contributed by atoms with Crippen LogP contribution in [0.4, 0.5) is 22.0 Å².